The maximum atomic E-state index is 13.0. The predicted molar refractivity (Wildman–Crippen MR) is 81.0 cm³/mol. The zero-order chi connectivity index (χ0) is 15.0. The zero-order valence-corrected chi connectivity index (χ0v) is 11.9. The van der Waals surface area contributed by atoms with Crippen molar-refractivity contribution < 1.29 is 13.6 Å². The normalized spacial score (nSPS) is 16.7. The first-order valence-corrected chi connectivity index (χ1v) is 6.64. The highest BCUT2D eigenvalue weighted by Gasteiger charge is 2.32. The molecule has 0 spiro atoms. The topological polar surface area (TPSA) is 45.5 Å². The Kier molecular flexibility index (Phi) is 3.31. The Labute approximate surface area is 125 Å². The van der Waals surface area contributed by atoms with Crippen LogP contribution in [-0.2, 0) is 4.79 Å². The molecule has 106 valence electrons. The van der Waals surface area contributed by atoms with E-state index >= 15 is 0 Å². The number of nitrogens with zero attached hydrogens (tertiary/aromatic N) is 1. The van der Waals surface area contributed by atoms with Crippen LogP contribution in [0.3, 0.4) is 0 Å². The Morgan fingerprint density at radius 3 is 2.57 bits per heavy atom. The van der Waals surface area contributed by atoms with Gasteiger partial charge in [0.2, 0.25) is 0 Å². The summed E-state index contributed by atoms with van der Waals surface area (Å²) in [7, 11) is 0. The summed E-state index contributed by atoms with van der Waals surface area (Å²) >= 11 is 5.16. The Bertz CT molecular complexity index is 749. The number of halogens is 1. The lowest BCUT2D eigenvalue weighted by Crippen LogP contribution is -2.30. The van der Waals surface area contributed by atoms with Crippen LogP contribution in [0.1, 0.15) is 11.5 Å². The number of thiocarbonyl (C=S) groups is 1. The third-order valence-corrected chi connectivity index (χ3v) is 3.30. The number of carbonyl (C=O) groups is 1. The highest BCUT2D eigenvalue weighted by Crippen LogP contribution is 2.23. The van der Waals surface area contributed by atoms with Crippen LogP contribution < -0.4 is 10.2 Å². The Morgan fingerprint density at radius 2 is 1.95 bits per heavy atom. The number of hydrogen-bond acceptors (Lipinski definition) is 3. The molecular weight excluding hydrogens is 291 g/mol. The number of anilines is 1. The van der Waals surface area contributed by atoms with Crippen molar-refractivity contribution in [2.24, 2.45) is 0 Å². The molecular formula is C15H11FN2O2S. The van der Waals surface area contributed by atoms with Crippen LogP contribution >= 0.6 is 12.2 Å². The Balaban J connectivity index is 1.92. The Morgan fingerprint density at radius 1 is 1.24 bits per heavy atom. The number of amides is 1. The molecule has 0 saturated carbocycles. The van der Waals surface area contributed by atoms with Gasteiger partial charge in [-0.3, -0.25) is 9.69 Å². The summed E-state index contributed by atoms with van der Waals surface area (Å²) in [6, 6.07) is 9.14. The second kappa shape index (κ2) is 5.14. The molecule has 2 aromatic rings. The Hall–Kier alpha value is -2.47. The molecule has 1 N–H and O–H groups in total. The molecule has 1 aliphatic heterocycles. The standard InChI is InChI=1S/C15H11FN2O2S/c1-9-2-7-12(20-9)8-13-14(19)18(15(21)17-13)11-5-3-10(16)4-6-11/h2-8H,1H3,(H,17,21)/b13-8+. The minimum Gasteiger partial charge on any atom is -0.462 e. The summed E-state index contributed by atoms with van der Waals surface area (Å²) in [6.45, 7) is 1.82. The fraction of sp³-hybridized carbons (Fsp3) is 0.0667. The van der Waals surface area contributed by atoms with E-state index < -0.39 is 0 Å². The van der Waals surface area contributed by atoms with Crippen LogP contribution in [0, 0.1) is 12.7 Å². The zero-order valence-electron chi connectivity index (χ0n) is 11.1. The average molecular weight is 302 g/mol. The van der Waals surface area contributed by atoms with Gasteiger partial charge < -0.3 is 9.73 Å². The second-order valence-electron chi connectivity index (χ2n) is 4.55. The number of furan rings is 1. The van der Waals surface area contributed by atoms with Gasteiger partial charge in [0.1, 0.15) is 23.0 Å². The van der Waals surface area contributed by atoms with E-state index in [-0.39, 0.29) is 16.8 Å². The summed E-state index contributed by atoms with van der Waals surface area (Å²) in [5.74, 6) is 0.643. The number of rotatable bonds is 2. The van der Waals surface area contributed by atoms with E-state index in [1.165, 1.54) is 29.2 Å². The molecule has 6 heteroatoms. The van der Waals surface area contributed by atoms with E-state index in [9.17, 15) is 9.18 Å². The van der Waals surface area contributed by atoms with E-state index in [1.807, 2.05) is 13.0 Å². The van der Waals surface area contributed by atoms with E-state index in [0.717, 1.165) is 5.76 Å². The van der Waals surface area contributed by atoms with Crippen molar-refractivity contribution in [3.8, 4) is 0 Å². The van der Waals surface area contributed by atoms with Crippen LogP contribution in [0.4, 0.5) is 10.1 Å². The van der Waals surface area contributed by atoms with Crippen molar-refractivity contribution in [3.05, 3.63) is 59.4 Å². The van der Waals surface area contributed by atoms with Crippen LogP contribution in [0.15, 0.2) is 46.5 Å². The molecule has 4 nitrogen and oxygen atoms in total. The minimum atomic E-state index is -0.369. The van der Waals surface area contributed by atoms with Crippen LogP contribution in [0.5, 0.6) is 0 Å². The third-order valence-electron chi connectivity index (χ3n) is 3.01. The maximum Gasteiger partial charge on any atom is 0.281 e. The molecule has 0 unspecified atom stereocenters. The monoisotopic (exact) mass is 302 g/mol. The lowest BCUT2D eigenvalue weighted by atomic mass is 10.2. The number of benzene rings is 1. The quantitative estimate of drug-likeness (QED) is 0.684. The molecule has 21 heavy (non-hydrogen) atoms. The highest BCUT2D eigenvalue weighted by atomic mass is 32.1. The molecule has 0 radical (unpaired) electrons. The number of carbonyl (C=O) groups excluding carboxylic acids is 1. The van der Waals surface area contributed by atoms with Crippen molar-refractivity contribution in [1.82, 2.24) is 5.32 Å². The number of aryl methyl sites for hydroxylation is 1. The molecule has 1 fully saturated rings. The molecule has 1 aromatic heterocycles. The molecule has 0 aliphatic carbocycles. The van der Waals surface area contributed by atoms with Crippen molar-refractivity contribution in [2.75, 3.05) is 4.90 Å². The summed E-state index contributed by atoms with van der Waals surface area (Å²) < 4.78 is 18.4. The van der Waals surface area contributed by atoms with Gasteiger partial charge in [-0.15, -0.1) is 0 Å². The van der Waals surface area contributed by atoms with Gasteiger partial charge in [-0.2, -0.15) is 0 Å². The van der Waals surface area contributed by atoms with Gasteiger partial charge in [0, 0.05) is 6.08 Å². The third kappa shape index (κ3) is 2.57. The van der Waals surface area contributed by atoms with E-state index in [2.05, 4.69) is 5.32 Å². The number of nitrogens with one attached hydrogen (secondary N) is 1. The van der Waals surface area contributed by atoms with Gasteiger partial charge >= 0.3 is 0 Å². The largest absolute Gasteiger partial charge is 0.462 e. The fourth-order valence-electron chi connectivity index (χ4n) is 2.03. The molecule has 0 bridgehead atoms. The second-order valence-corrected chi connectivity index (χ2v) is 4.94. The predicted octanol–water partition coefficient (Wildman–Crippen LogP) is 2.99. The first kappa shape index (κ1) is 13.5. The smallest absolute Gasteiger partial charge is 0.281 e. The average Bonchev–Trinajstić information content (AvgIpc) is 2.96. The summed E-state index contributed by atoms with van der Waals surface area (Å²) in [4.78, 5) is 13.7. The van der Waals surface area contributed by atoms with Gasteiger partial charge in [-0.05, 0) is 55.5 Å². The van der Waals surface area contributed by atoms with Gasteiger partial charge in [0.15, 0.2) is 5.11 Å². The van der Waals surface area contributed by atoms with Crippen LogP contribution in [-0.4, -0.2) is 11.0 Å². The van der Waals surface area contributed by atoms with Crippen LogP contribution in [0.25, 0.3) is 6.08 Å². The van der Waals surface area contributed by atoms with Gasteiger partial charge in [0.25, 0.3) is 5.91 Å². The van der Waals surface area contributed by atoms with E-state index in [4.69, 9.17) is 16.6 Å². The maximum absolute atomic E-state index is 13.0. The van der Waals surface area contributed by atoms with E-state index in [1.54, 1.807) is 12.1 Å². The first-order chi connectivity index (χ1) is 10.0. The molecule has 1 aliphatic rings. The van der Waals surface area contributed by atoms with Crippen molar-refractivity contribution in [1.29, 1.82) is 0 Å². The fourth-order valence-corrected chi connectivity index (χ4v) is 2.33. The van der Waals surface area contributed by atoms with Gasteiger partial charge in [-0.1, -0.05) is 0 Å². The minimum absolute atomic E-state index is 0.251. The molecule has 1 saturated heterocycles. The summed E-state index contributed by atoms with van der Waals surface area (Å²) in [5, 5.41) is 3.09. The SMILES string of the molecule is Cc1ccc(/C=C2/NC(=S)N(c3ccc(F)cc3)C2=O)o1. The van der Waals surface area contributed by atoms with Crippen molar-refractivity contribution in [3.63, 3.8) is 0 Å². The van der Waals surface area contributed by atoms with Crippen molar-refractivity contribution >= 4 is 35.0 Å². The lowest BCUT2D eigenvalue weighted by molar-refractivity contribution is -0.113. The molecule has 1 amide bonds. The summed E-state index contributed by atoms with van der Waals surface area (Å²) in [6.07, 6.45) is 1.59. The lowest BCUT2D eigenvalue weighted by Gasteiger charge is -2.13. The highest BCUT2D eigenvalue weighted by molar-refractivity contribution is 7.80. The van der Waals surface area contributed by atoms with Gasteiger partial charge in [-0.25, -0.2) is 4.39 Å². The molecule has 0 atom stereocenters. The molecule has 3 rings (SSSR count). The molecule has 1 aromatic carbocycles. The van der Waals surface area contributed by atoms with E-state index in [0.29, 0.717) is 17.1 Å². The summed E-state index contributed by atoms with van der Waals surface area (Å²) in [5.41, 5.74) is 0.830. The first-order valence-electron chi connectivity index (χ1n) is 6.24. The molecule has 2 heterocycles. The van der Waals surface area contributed by atoms with Crippen LogP contribution in [0.2, 0.25) is 0 Å². The van der Waals surface area contributed by atoms with Gasteiger partial charge in [0.05, 0.1) is 5.69 Å². The van der Waals surface area contributed by atoms with Crippen molar-refractivity contribution in [2.45, 2.75) is 6.92 Å². The number of hydrogen-bond donors (Lipinski definition) is 1.